The molecule has 0 radical (unpaired) electrons. The molecule has 202 valence electrons. The predicted octanol–water partition coefficient (Wildman–Crippen LogP) is 4.49. The molecule has 3 rings (SSSR count). The standard InChI is InChI=1S/C27H38FN5O3S/c1-17-25(18(2)34)37-27(29-17)31-26(36)30-24-15-23(33(5)19(3)35)13-10-21(24)16-32(4)14-6-7-20-8-11-22(28)12-9-20/h8-9,11-12,21,23-24H,6-7,10,13-16H2,1-5H3,(H2,29,30,31,36)/t21-,23?,24+/m0/s1. The van der Waals surface area contributed by atoms with Gasteiger partial charge in [0.2, 0.25) is 5.91 Å². The van der Waals surface area contributed by atoms with E-state index >= 15 is 0 Å². The number of anilines is 1. The minimum absolute atomic E-state index is 0.0135. The molecule has 3 amide bonds. The average molecular weight is 532 g/mol. The third-order valence-electron chi connectivity index (χ3n) is 7.13. The molecule has 0 bridgehead atoms. The number of carbonyl (C=O) groups excluding carboxylic acids is 3. The molecule has 1 fully saturated rings. The third-order valence-corrected chi connectivity index (χ3v) is 8.30. The van der Waals surface area contributed by atoms with Gasteiger partial charge in [-0.3, -0.25) is 14.9 Å². The van der Waals surface area contributed by atoms with Crippen molar-refractivity contribution in [1.29, 1.82) is 0 Å². The van der Waals surface area contributed by atoms with Crippen LogP contribution in [0.15, 0.2) is 24.3 Å². The molecule has 2 aromatic rings. The summed E-state index contributed by atoms with van der Waals surface area (Å²) in [6.45, 7) is 6.50. The smallest absolute Gasteiger partial charge is 0.321 e. The molecule has 0 spiro atoms. The van der Waals surface area contributed by atoms with Gasteiger partial charge in [0.15, 0.2) is 10.9 Å². The zero-order chi connectivity index (χ0) is 27.1. The van der Waals surface area contributed by atoms with E-state index in [1.807, 2.05) is 19.2 Å². The minimum Gasteiger partial charge on any atom is -0.343 e. The Hall–Kier alpha value is -2.85. The maximum atomic E-state index is 13.1. The summed E-state index contributed by atoms with van der Waals surface area (Å²) in [4.78, 5) is 45.5. The Morgan fingerprint density at radius 3 is 2.46 bits per heavy atom. The lowest BCUT2D eigenvalue weighted by Crippen LogP contribution is -2.53. The van der Waals surface area contributed by atoms with Crippen LogP contribution in [0.5, 0.6) is 0 Å². The second-order valence-corrected chi connectivity index (χ2v) is 11.0. The first-order valence-corrected chi connectivity index (χ1v) is 13.6. The Balaban J connectivity index is 1.60. The van der Waals surface area contributed by atoms with Crippen LogP contribution in [-0.4, -0.2) is 71.8 Å². The highest BCUT2D eigenvalue weighted by molar-refractivity contribution is 7.17. The second-order valence-electron chi connectivity index (χ2n) is 10.0. The van der Waals surface area contributed by atoms with Gasteiger partial charge in [0.25, 0.3) is 0 Å². The zero-order valence-electron chi connectivity index (χ0n) is 22.3. The lowest BCUT2D eigenvalue weighted by atomic mass is 9.80. The number of thiazole rings is 1. The fraction of sp³-hybridized carbons (Fsp3) is 0.556. The molecule has 0 saturated heterocycles. The van der Waals surface area contributed by atoms with Crippen molar-refractivity contribution in [2.75, 3.05) is 32.5 Å². The van der Waals surface area contributed by atoms with Crippen LogP contribution in [0.4, 0.5) is 14.3 Å². The number of urea groups is 1. The number of aryl methyl sites for hydroxylation is 2. The molecule has 1 aliphatic rings. The Kier molecular flexibility index (Phi) is 10.2. The van der Waals surface area contributed by atoms with Gasteiger partial charge in [-0.15, -0.1) is 0 Å². The number of Topliss-reactive ketones (excluding diaryl/α,β-unsaturated/α-hetero) is 1. The topological polar surface area (TPSA) is 94.6 Å². The number of hydrogen-bond donors (Lipinski definition) is 2. The third kappa shape index (κ3) is 8.33. The minimum atomic E-state index is -0.357. The number of benzene rings is 1. The number of aromatic nitrogens is 1. The number of carbonyl (C=O) groups is 3. The number of halogens is 1. The molecular weight excluding hydrogens is 493 g/mol. The summed E-state index contributed by atoms with van der Waals surface area (Å²) in [6.07, 6.45) is 4.27. The molecule has 8 nitrogen and oxygen atoms in total. The van der Waals surface area contributed by atoms with Crippen molar-refractivity contribution in [3.63, 3.8) is 0 Å². The van der Waals surface area contributed by atoms with Crippen molar-refractivity contribution in [1.82, 2.24) is 20.1 Å². The van der Waals surface area contributed by atoms with Crippen LogP contribution in [0.2, 0.25) is 0 Å². The Labute approximate surface area is 222 Å². The van der Waals surface area contributed by atoms with Crippen LogP contribution in [-0.2, 0) is 11.2 Å². The van der Waals surface area contributed by atoms with Crippen LogP contribution in [0.25, 0.3) is 0 Å². The number of ketones is 1. The number of amides is 3. The van der Waals surface area contributed by atoms with Gasteiger partial charge in [-0.1, -0.05) is 23.5 Å². The first-order chi connectivity index (χ1) is 17.5. The maximum Gasteiger partial charge on any atom is 0.321 e. The van der Waals surface area contributed by atoms with Gasteiger partial charge in [0, 0.05) is 39.5 Å². The fourth-order valence-corrected chi connectivity index (χ4v) is 5.85. The molecule has 1 aliphatic carbocycles. The number of nitrogens with zero attached hydrogens (tertiary/aromatic N) is 3. The van der Waals surface area contributed by atoms with Crippen molar-refractivity contribution in [3.8, 4) is 0 Å². The highest BCUT2D eigenvalue weighted by Gasteiger charge is 2.34. The van der Waals surface area contributed by atoms with E-state index in [0.717, 1.165) is 44.3 Å². The van der Waals surface area contributed by atoms with E-state index in [0.29, 0.717) is 22.1 Å². The molecule has 3 atom stereocenters. The zero-order valence-corrected chi connectivity index (χ0v) is 23.2. The molecule has 2 N–H and O–H groups in total. The summed E-state index contributed by atoms with van der Waals surface area (Å²) in [5.74, 6) is -0.0595. The van der Waals surface area contributed by atoms with Crippen LogP contribution < -0.4 is 10.6 Å². The van der Waals surface area contributed by atoms with E-state index in [4.69, 9.17) is 0 Å². The summed E-state index contributed by atoms with van der Waals surface area (Å²) in [5, 5.41) is 6.30. The highest BCUT2D eigenvalue weighted by atomic mass is 32.1. The lowest BCUT2D eigenvalue weighted by molar-refractivity contribution is -0.130. The van der Waals surface area contributed by atoms with E-state index in [1.165, 1.54) is 30.4 Å². The van der Waals surface area contributed by atoms with Gasteiger partial charge in [0.05, 0.1) is 10.6 Å². The van der Waals surface area contributed by atoms with Crippen LogP contribution in [0, 0.1) is 18.7 Å². The molecule has 1 heterocycles. The molecule has 37 heavy (non-hydrogen) atoms. The molecular formula is C27H38FN5O3S. The molecule has 10 heteroatoms. The van der Waals surface area contributed by atoms with Crippen molar-refractivity contribution in [2.45, 2.75) is 65.0 Å². The van der Waals surface area contributed by atoms with Crippen molar-refractivity contribution >= 4 is 34.2 Å². The monoisotopic (exact) mass is 531 g/mol. The SMILES string of the molecule is CC(=O)c1sc(NC(=O)N[C@@H]2CC(N(C)C(C)=O)CC[C@H]2CN(C)CCCc2ccc(F)cc2)nc1C. The Morgan fingerprint density at radius 2 is 1.84 bits per heavy atom. The van der Waals surface area contributed by atoms with Gasteiger partial charge >= 0.3 is 6.03 Å². The number of hydrogen-bond acceptors (Lipinski definition) is 6. The maximum absolute atomic E-state index is 13.1. The molecule has 1 saturated carbocycles. The van der Waals surface area contributed by atoms with E-state index in [-0.39, 0.29) is 41.5 Å². The summed E-state index contributed by atoms with van der Waals surface area (Å²) in [6, 6.07) is 6.22. The largest absolute Gasteiger partial charge is 0.343 e. The fourth-order valence-electron chi connectivity index (χ4n) is 4.99. The Bertz CT molecular complexity index is 1090. The predicted molar refractivity (Wildman–Crippen MR) is 145 cm³/mol. The Morgan fingerprint density at radius 1 is 1.14 bits per heavy atom. The molecule has 1 aromatic heterocycles. The van der Waals surface area contributed by atoms with Crippen molar-refractivity contribution in [3.05, 3.63) is 46.2 Å². The van der Waals surface area contributed by atoms with Crippen LogP contribution >= 0.6 is 11.3 Å². The summed E-state index contributed by atoms with van der Waals surface area (Å²) in [5.41, 5.74) is 1.72. The lowest BCUT2D eigenvalue weighted by Gasteiger charge is -2.41. The van der Waals surface area contributed by atoms with Crippen LogP contribution in [0.3, 0.4) is 0 Å². The van der Waals surface area contributed by atoms with Crippen LogP contribution in [0.1, 0.15) is 60.5 Å². The van der Waals surface area contributed by atoms with Gasteiger partial charge in [0.1, 0.15) is 5.82 Å². The van der Waals surface area contributed by atoms with Crippen molar-refractivity contribution in [2.24, 2.45) is 5.92 Å². The van der Waals surface area contributed by atoms with Gasteiger partial charge in [-0.05, 0) is 76.2 Å². The normalized spacial score (nSPS) is 19.5. The highest BCUT2D eigenvalue weighted by Crippen LogP contribution is 2.29. The average Bonchev–Trinajstić information content (AvgIpc) is 3.20. The summed E-state index contributed by atoms with van der Waals surface area (Å²) in [7, 11) is 3.89. The van der Waals surface area contributed by atoms with Gasteiger partial charge in [-0.25, -0.2) is 14.2 Å². The first-order valence-electron chi connectivity index (χ1n) is 12.8. The van der Waals surface area contributed by atoms with E-state index in [2.05, 4.69) is 27.6 Å². The van der Waals surface area contributed by atoms with Gasteiger partial charge in [-0.2, -0.15) is 0 Å². The first kappa shape index (κ1) is 28.7. The molecule has 1 aromatic carbocycles. The molecule has 1 unspecified atom stereocenters. The summed E-state index contributed by atoms with van der Waals surface area (Å²) >= 11 is 1.17. The summed E-state index contributed by atoms with van der Waals surface area (Å²) < 4.78 is 13.1. The van der Waals surface area contributed by atoms with Gasteiger partial charge < -0.3 is 15.1 Å². The van der Waals surface area contributed by atoms with E-state index < -0.39 is 0 Å². The quantitative estimate of drug-likeness (QED) is 0.441. The second kappa shape index (κ2) is 13.1. The van der Waals surface area contributed by atoms with E-state index in [9.17, 15) is 18.8 Å². The number of rotatable bonds is 10. The van der Waals surface area contributed by atoms with E-state index in [1.54, 1.807) is 18.7 Å². The number of nitrogens with one attached hydrogen (secondary N) is 2. The van der Waals surface area contributed by atoms with Crippen molar-refractivity contribution < 1.29 is 18.8 Å². The molecule has 0 aliphatic heterocycles.